The fourth-order valence-corrected chi connectivity index (χ4v) is 1.90. The van der Waals surface area contributed by atoms with Gasteiger partial charge in [0.1, 0.15) is 0 Å². The summed E-state index contributed by atoms with van der Waals surface area (Å²) in [6, 6.07) is 6.35. The summed E-state index contributed by atoms with van der Waals surface area (Å²) in [4.78, 5) is 0.259. The Morgan fingerprint density at radius 2 is 1.94 bits per heavy atom. The van der Waals surface area contributed by atoms with Gasteiger partial charge in [-0.15, -0.1) is 0 Å². The predicted octanol–water partition coefficient (Wildman–Crippen LogP) is 1.44. The van der Waals surface area contributed by atoms with Gasteiger partial charge in [-0.1, -0.05) is 12.1 Å². The molecule has 0 saturated heterocycles. The van der Waals surface area contributed by atoms with Gasteiger partial charge in [0, 0.05) is 12.8 Å². The highest BCUT2D eigenvalue weighted by Crippen LogP contribution is 2.13. The summed E-state index contributed by atoms with van der Waals surface area (Å²) in [6.45, 7) is 0.157. The molecule has 1 aromatic rings. The lowest BCUT2D eigenvalue weighted by atomic mass is 10.1. The average Bonchev–Trinajstić information content (AvgIpc) is 2.25. The van der Waals surface area contributed by atoms with Gasteiger partial charge in [0.25, 0.3) is 0 Å². The van der Waals surface area contributed by atoms with Crippen LogP contribution in [0.2, 0.25) is 0 Å². The van der Waals surface area contributed by atoms with Crippen molar-refractivity contribution in [3.05, 3.63) is 41.7 Å². The van der Waals surface area contributed by atoms with Gasteiger partial charge >= 0.3 is 0 Å². The van der Waals surface area contributed by atoms with Crippen molar-refractivity contribution < 1.29 is 12.8 Å². The molecule has 0 bridgehead atoms. The first-order valence-corrected chi connectivity index (χ1v) is 6.63. The predicted molar refractivity (Wildman–Crippen MR) is 61.5 cm³/mol. The molecule has 0 fully saturated rings. The van der Waals surface area contributed by atoms with Gasteiger partial charge in [-0.2, -0.15) is 0 Å². The molecule has 0 aliphatic rings. The first kappa shape index (κ1) is 12.9. The van der Waals surface area contributed by atoms with E-state index in [0.717, 1.165) is 11.8 Å². The summed E-state index contributed by atoms with van der Waals surface area (Å²) in [5, 5.41) is 0. The second-order valence-corrected chi connectivity index (χ2v) is 5.58. The lowest BCUT2D eigenvalue weighted by Crippen LogP contribution is -2.05. The van der Waals surface area contributed by atoms with Crippen molar-refractivity contribution in [3.63, 3.8) is 0 Å². The molecule has 88 valence electrons. The summed E-state index contributed by atoms with van der Waals surface area (Å²) in [5.74, 6) is 0. The van der Waals surface area contributed by atoms with E-state index < -0.39 is 9.84 Å². The molecule has 0 amide bonds. The third-order valence-electron chi connectivity index (χ3n) is 2.20. The first-order chi connectivity index (χ1) is 7.47. The summed E-state index contributed by atoms with van der Waals surface area (Å²) in [7, 11) is -3.17. The molecule has 0 aliphatic carbocycles. The molecule has 0 saturated carbocycles. The Morgan fingerprint density at radius 1 is 1.38 bits per heavy atom. The maximum atomic E-state index is 12.3. The Morgan fingerprint density at radius 3 is 2.31 bits per heavy atom. The van der Waals surface area contributed by atoms with E-state index in [2.05, 4.69) is 0 Å². The van der Waals surface area contributed by atoms with Crippen LogP contribution in [0.5, 0.6) is 0 Å². The van der Waals surface area contributed by atoms with Crippen LogP contribution in [-0.4, -0.2) is 21.2 Å². The number of sulfone groups is 1. The minimum absolute atomic E-state index is 0.157. The monoisotopic (exact) mass is 243 g/mol. The average molecular weight is 243 g/mol. The van der Waals surface area contributed by atoms with Gasteiger partial charge < -0.3 is 5.73 Å². The number of rotatable bonds is 4. The lowest BCUT2D eigenvalue weighted by molar-refractivity contribution is 0.602. The normalized spacial score (nSPS) is 12.8. The minimum atomic E-state index is -3.17. The zero-order chi connectivity index (χ0) is 12.2. The van der Waals surface area contributed by atoms with Crippen LogP contribution >= 0.6 is 0 Å². The largest absolute Gasteiger partial charge is 0.327 e. The zero-order valence-electron chi connectivity index (χ0n) is 8.98. The van der Waals surface area contributed by atoms with E-state index in [-0.39, 0.29) is 11.4 Å². The molecule has 16 heavy (non-hydrogen) atoms. The van der Waals surface area contributed by atoms with E-state index in [0.29, 0.717) is 18.3 Å². The minimum Gasteiger partial charge on any atom is -0.327 e. The van der Waals surface area contributed by atoms with Gasteiger partial charge in [-0.05, 0) is 29.7 Å². The van der Waals surface area contributed by atoms with E-state index >= 15 is 0 Å². The molecular weight excluding hydrogens is 229 g/mol. The maximum absolute atomic E-state index is 12.3. The molecule has 1 aromatic carbocycles. The van der Waals surface area contributed by atoms with Crippen molar-refractivity contribution in [1.82, 2.24) is 0 Å². The van der Waals surface area contributed by atoms with Crippen molar-refractivity contribution in [3.8, 4) is 0 Å². The fourth-order valence-electron chi connectivity index (χ4n) is 1.27. The van der Waals surface area contributed by atoms with Gasteiger partial charge in [0.15, 0.2) is 9.84 Å². The fraction of sp³-hybridized carbons (Fsp3) is 0.273. The molecule has 0 aromatic heterocycles. The number of hydrogen-bond acceptors (Lipinski definition) is 3. The van der Waals surface area contributed by atoms with Crippen molar-refractivity contribution in [1.29, 1.82) is 0 Å². The molecule has 0 atom stereocenters. The number of nitrogens with two attached hydrogens (primary N) is 1. The van der Waals surface area contributed by atoms with Crippen LogP contribution in [0.15, 0.2) is 41.1 Å². The second-order valence-electron chi connectivity index (χ2n) is 3.56. The van der Waals surface area contributed by atoms with Gasteiger partial charge in [-0.25, -0.2) is 12.8 Å². The Kier molecular flexibility index (Phi) is 4.20. The van der Waals surface area contributed by atoms with Crippen LogP contribution in [0, 0.1) is 0 Å². The van der Waals surface area contributed by atoms with Crippen LogP contribution in [-0.2, 0) is 16.3 Å². The molecule has 5 heteroatoms. The Hall–Kier alpha value is -1.20. The van der Waals surface area contributed by atoms with Crippen LogP contribution in [0.3, 0.4) is 0 Å². The second kappa shape index (κ2) is 5.23. The summed E-state index contributed by atoms with van der Waals surface area (Å²) in [5.41, 5.74) is 6.64. The van der Waals surface area contributed by atoms with Gasteiger partial charge in [0.05, 0.1) is 11.2 Å². The summed E-state index contributed by atoms with van der Waals surface area (Å²) >= 11 is 0. The quantitative estimate of drug-likeness (QED) is 0.870. The van der Waals surface area contributed by atoms with Crippen molar-refractivity contribution in [2.75, 3.05) is 12.8 Å². The van der Waals surface area contributed by atoms with Crippen LogP contribution in [0.25, 0.3) is 0 Å². The van der Waals surface area contributed by atoms with E-state index in [1.54, 1.807) is 12.1 Å². The topological polar surface area (TPSA) is 60.2 Å². The molecule has 2 N–H and O–H groups in total. The highest BCUT2D eigenvalue weighted by atomic mass is 32.2. The smallest absolute Gasteiger partial charge is 0.175 e. The van der Waals surface area contributed by atoms with E-state index in [1.165, 1.54) is 12.1 Å². The van der Waals surface area contributed by atoms with Crippen molar-refractivity contribution in [2.24, 2.45) is 5.73 Å². The third-order valence-corrected chi connectivity index (χ3v) is 3.33. The molecule has 0 heterocycles. The highest BCUT2D eigenvalue weighted by Gasteiger charge is 2.06. The van der Waals surface area contributed by atoms with Crippen molar-refractivity contribution in [2.45, 2.75) is 11.3 Å². The summed E-state index contributed by atoms with van der Waals surface area (Å²) < 4.78 is 34.6. The summed E-state index contributed by atoms with van der Waals surface area (Å²) in [6.07, 6.45) is 2.04. The van der Waals surface area contributed by atoms with E-state index in [4.69, 9.17) is 5.73 Å². The van der Waals surface area contributed by atoms with Crippen LogP contribution < -0.4 is 5.73 Å². The number of benzene rings is 1. The van der Waals surface area contributed by atoms with E-state index in [1.807, 2.05) is 0 Å². The van der Waals surface area contributed by atoms with Crippen molar-refractivity contribution >= 4 is 9.84 Å². The molecule has 0 spiro atoms. The lowest BCUT2D eigenvalue weighted by Gasteiger charge is -2.04. The Balaban J connectivity index is 2.88. The van der Waals surface area contributed by atoms with Crippen LogP contribution in [0.1, 0.15) is 5.56 Å². The molecule has 0 aliphatic heterocycles. The molecule has 1 rings (SSSR count). The standard InChI is InChI=1S/C11H14FNO2S/c1-16(14,15)11-4-2-9(3-5-11)6-10(7-12)8-13/h2-5,7H,6,8,13H2,1H3. The molecule has 0 unspecified atom stereocenters. The first-order valence-electron chi connectivity index (χ1n) is 4.74. The van der Waals surface area contributed by atoms with Gasteiger partial charge in [-0.3, -0.25) is 0 Å². The third kappa shape index (κ3) is 3.43. The van der Waals surface area contributed by atoms with Gasteiger partial charge in [0.2, 0.25) is 0 Å². The molecule has 0 radical (unpaired) electrons. The number of halogens is 1. The van der Waals surface area contributed by atoms with E-state index in [9.17, 15) is 12.8 Å². The molecular formula is C11H14FNO2S. The Labute approximate surface area is 94.7 Å². The SMILES string of the molecule is CS(=O)(=O)c1ccc(CC(=CF)CN)cc1. The number of hydrogen-bond donors (Lipinski definition) is 1. The van der Waals surface area contributed by atoms with Crippen LogP contribution in [0.4, 0.5) is 4.39 Å². The Bertz CT molecular complexity index is 477. The zero-order valence-corrected chi connectivity index (χ0v) is 9.80. The molecule has 3 nitrogen and oxygen atoms in total. The highest BCUT2D eigenvalue weighted by molar-refractivity contribution is 7.90. The maximum Gasteiger partial charge on any atom is 0.175 e.